The highest BCUT2D eigenvalue weighted by atomic mass is 35.5. The van der Waals surface area contributed by atoms with Gasteiger partial charge in [0.05, 0.1) is 10.0 Å². The van der Waals surface area contributed by atoms with Gasteiger partial charge < -0.3 is 22.5 Å². The second-order valence-electron chi connectivity index (χ2n) is 4.29. The van der Waals surface area contributed by atoms with Gasteiger partial charge >= 0.3 is 0 Å². The molecule has 22 heavy (non-hydrogen) atoms. The summed E-state index contributed by atoms with van der Waals surface area (Å²) in [6, 6.07) is 2.66. The van der Waals surface area contributed by atoms with Crippen molar-refractivity contribution in [1.82, 2.24) is 9.78 Å². The van der Waals surface area contributed by atoms with Crippen molar-refractivity contribution in [1.29, 1.82) is 0 Å². The first-order valence-corrected chi connectivity index (χ1v) is 6.68. The molecule has 0 unspecified atom stereocenters. The van der Waals surface area contributed by atoms with Gasteiger partial charge in [0.25, 0.3) is 5.91 Å². The number of hydrogen-bond donors (Lipinski definition) is 4. The van der Waals surface area contributed by atoms with E-state index in [1.54, 1.807) is 7.05 Å². The Morgan fingerprint density at radius 1 is 1.18 bits per heavy atom. The van der Waals surface area contributed by atoms with Gasteiger partial charge in [-0.2, -0.15) is 0 Å². The smallest absolute Gasteiger partial charge is 0.256 e. The Labute approximate surface area is 135 Å². The lowest BCUT2D eigenvalue weighted by molar-refractivity contribution is 0.0992. The Hall–Kier alpha value is -2.45. The number of nitrogens with zero attached hydrogens (tertiary/aromatic N) is 2. The Morgan fingerprint density at radius 2 is 1.73 bits per heavy atom. The number of amides is 2. The van der Waals surface area contributed by atoms with Crippen LogP contribution < -0.4 is 22.5 Å². The number of rotatable bonds is 4. The Balaban J connectivity index is 2.73. The molecule has 0 fully saturated rings. The third-order valence-corrected chi connectivity index (χ3v) is 3.49. The number of nitrogens with one attached hydrogen (secondary N) is 1. The first kappa shape index (κ1) is 15.9. The van der Waals surface area contributed by atoms with Crippen LogP contribution in [0.25, 0.3) is 5.69 Å². The van der Waals surface area contributed by atoms with E-state index in [0.717, 1.165) is 0 Å². The summed E-state index contributed by atoms with van der Waals surface area (Å²) in [7, 11) is 1.55. The number of halogens is 2. The van der Waals surface area contributed by atoms with Crippen LogP contribution in [-0.2, 0) is 0 Å². The molecule has 1 aromatic carbocycles. The minimum absolute atomic E-state index is 0.00797. The molecule has 1 heterocycles. The van der Waals surface area contributed by atoms with Crippen LogP contribution in [0.3, 0.4) is 0 Å². The summed E-state index contributed by atoms with van der Waals surface area (Å²) < 4.78 is 1.17. The van der Waals surface area contributed by atoms with Crippen LogP contribution in [0.15, 0.2) is 12.1 Å². The van der Waals surface area contributed by atoms with E-state index in [9.17, 15) is 9.59 Å². The quantitative estimate of drug-likeness (QED) is 0.655. The van der Waals surface area contributed by atoms with E-state index >= 15 is 0 Å². The molecule has 116 valence electrons. The lowest BCUT2D eigenvalue weighted by Gasteiger charge is -2.10. The Morgan fingerprint density at radius 3 is 2.09 bits per heavy atom. The predicted molar refractivity (Wildman–Crippen MR) is 84.6 cm³/mol. The fraction of sp³-hybridized carbons (Fsp3) is 0.0833. The van der Waals surface area contributed by atoms with Gasteiger partial charge in [0.15, 0.2) is 5.82 Å². The van der Waals surface area contributed by atoms with Crippen molar-refractivity contribution < 1.29 is 9.59 Å². The van der Waals surface area contributed by atoms with E-state index in [2.05, 4.69) is 10.4 Å². The molecule has 2 aromatic rings. The molecule has 0 aliphatic rings. The van der Waals surface area contributed by atoms with Crippen LogP contribution in [0.4, 0.5) is 11.6 Å². The number of anilines is 2. The van der Waals surface area contributed by atoms with Gasteiger partial charge in [-0.3, -0.25) is 9.59 Å². The third kappa shape index (κ3) is 2.53. The summed E-state index contributed by atoms with van der Waals surface area (Å²) in [4.78, 5) is 22.7. The molecule has 0 bridgehead atoms. The molecule has 2 amide bonds. The second-order valence-corrected chi connectivity index (χ2v) is 5.10. The number of carbonyl (C=O) groups is 2. The zero-order chi connectivity index (χ0) is 16.6. The fourth-order valence-electron chi connectivity index (χ4n) is 1.93. The van der Waals surface area contributed by atoms with Crippen molar-refractivity contribution in [2.75, 3.05) is 18.1 Å². The molecule has 1 aromatic heterocycles. The molecule has 0 saturated heterocycles. The van der Waals surface area contributed by atoms with Crippen LogP contribution in [0.1, 0.15) is 20.7 Å². The number of nitrogen functional groups attached to an aromatic ring is 1. The van der Waals surface area contributed by atoms with Gasteiger partial charge in [0.2, 0.25) is 5.91 Å². The number of nitrogens with two attached hydrogens (primary N) is 3. The largest absolute Gasteiger partial charge is 0.383 e. The lowest BCUT2D eigenvalue weighted by atomic mass is 10.2. The van der Waals surface area contributed by atoms with Crippen LogP contribution in [0, 0.1) is 0 Å². The van der Waals surface area contributed by atoms with E-state index in [4.69, 9.17) is 40.4 Å². The summed E-state index contributed by atoms with van der Waals surface area (Å²) in [5, 5.41) is 7.00. The normalized spacial score (nSPS) is 10.5. The molecule has 0 saturated carbocycles. The van der Waals surface area contributed by atoms with Gasteiger partial charge in [-0.15, -0.1) is 5.10 Å². The van der Waals surface area contributed by atoms with Crippen molar-refractivity contribution in [3.63, 3.8) is 0 Å². The lowest BCUT2D eigenvalue weighted by Crippen LogP contribution is -2.15. The summed E-state index contributed by atoms with van der Waals surface area (Å²) in [6.07, 6.45) is 0. The maximum absolute atomic E-state index is 11.5. The van der Waals surface area contributed by atoms with Gasteiger partial charge in [0.1, 0.15) is 17.1 Å². The molecule has 0 aliphatic heterocycles. The number of hydrogen-bond acceptors (Lipinski definition) is 5. The summed E-state index contributed by atoms with van der Waals surface area (Å²) in [5.41, 5.74) is 16.7. The Kier molecular flexibility index (Phi) is 4.16. The standard InChI is InChI=1S/C12H12Cl2N6O2/c1-18-12-7(11(17)22)9(15)20(19-12)8-5(13)2-4(10(16)21)3-6(8)14/h2-3H,15H2,1H3,(H2,16,21)(H2,17,22)(H,18,19). The van der Waals surface area contributed by atoms with E-state index in [1.165, 1.54) is 16.8 Å². The summed E-state index contributed by atoms with van der Waals surface area (Å²) in [5.74, 6) is -1.30. The number of carbonyl (C=O) groups excluding carboxylic acids is 2. The van der Waals surface area contributed by atoms with E-state index in [1.807, 2.05) is 0 Å². The van der Waals surface area contributed by atoms with Gasteiger partial charge in [-0.05, 0) is 12.1 Å². The minimum atomic E-state index is -0.755. The van der Waals surface area contributed by atoms with Crippen molar-refractivity contribution in [2.24, 2.45) is 11.5 Å². The topological polar surface area (TPSA) is 142 Å². The Bertz CT molecular complexity index is 763. The highest BCUT2D eigenvalue weighted by Gasteiger charge is 2.23. The van der Waals surface area contributed by atoms with E-state index in [0.29, 0.717) is 0 Å². The molecule has 8 nitrogen and oxygen atoms in total. The minimum Gasteiger partial charge on any atom is -0.383 e. The SMILES string of the molecule is CNc1nn(-c2c(Cl)cc(C(N)=O)cc2Cl)c(N)c1C(N)=O. The molecular weight excluding hydrogens is 331 g/mol. The van der Waals surface area contributed by atoms with Crippen LogP contribution >= 0.6 is 23.2 Å². The third-order valence-electron chi connectivity index (χ3n) is 2.92. The van der Waals surface area contributed by atoms with Crippen molar-refractivity contribution >= 4 is 46.7 Å². The second kappa shape index (κ2) is 5.74. The van der Waals surface area contributed by atoms with Gasteiger partial charge in [0, 0.05) is 12.6 Å². The molecule has 2 rings (SSSR count). The summed E-state index contributed by atoms with van der Waals surface area (Å²) >= 11 is 12.2. The summed E-state index contributed by atoms with van der Waals surface area (Å²) in [6.45, 7) is 0. The van der Waals surface area contributed by atoms with Crippen LogP contribution in [0.5, 0.6) is 0 Å². The van der Waals surface area contributed by atoms with Gasteiger partial charge in [-0.25, -0.2) is 4.68 Å². The number of primary amides is 2. The average molecular weight is 343 g/mol. The molecule has 7 N–H and O–H groups in total. The monoisotopic (exact) mass is 342 g/mol. The number of aromatic nitrogens is 2. The molecule has 0 spiro atoms. The van der Waals surface area contributed by atoms with Crippen molar-refractivity contribution in [2.45, 2.75) is 0 Å². The van der Waals surface area contributed by atoms with E-state index in [-0.39, 0.29) is 38.5 Å². The van der Waals surface area contributed by atoms with E-state index < -0.39 is 11.8 Å². The molecule has 0 aliphatic carbocycles. The van der Waals surface area contributed by atoms with Gasteiger partial charge in [-0.1, -0.05) is 23.2 Å². The number of benzene rings is 1. The maximum atomic E-state index is 11.5. The highest BCUT2D eigenvalue weighted by Crippen LogP contribution is 2.34. The highest BCUT2D eigenvalue weighted by molar-refractivity contribution is 6.38. The van der Waals surface area contributed by atoms with Crippen LogP contribution in [0.2, 0.25) is 10.0 Å². The maximum Gasteiger partial charge on any atom is 0.256 e. The zero-order valence-electron chi connectivity index (χ0n) is 11.4. The zero-order valence-corrected chi connectivity index (χ0v) is 12.9. The molecule has 10 heteroatoms. The molecule has 0 atom stereocenters. The van der Waals surface area contributed by atoms with Crippen LogP contribution in [-0.4, -0.2) is 28.6 Å². The first-order chi connectivity index (χ1) is 10.3. The molecule has 0 radical (unpaired) electrons. The van der Waals surface area contributed by atoms with Crippen molar-refractivity contribution in [3.05, 3.63) is 33.3 Å². The fourth-order valence-corrected chi connectivity index (χ4v) is 2.58. The van der Waals surface area contributed by atoms with Crippen molar-refractivity contribution in [3.8, 4) is 5.69 Å². The molecular formula is C12H12Cl2N6O2. The predicted octanol–water partition coefficient (Wildman–Crippen LogP) is 1.00. The average Bonchev–Trinajstić information content (AvgIpc) is 2.75. The first-order valence-electron chi connectivity index (χ1n) is 5.93.